The standard InChI is InChI=1S/C15H24N2O4/c1-6-15(2,16)14(18)17-9-10-7-12(20-4)13(21-5)8-11(10)19-3/h7-8H,6,9,16H2,1-5H3,(H,17,18). The number of nitrogens with two attached hydrogens (primary N) is 1. The van der Waals surface area contributed by atoms with Gasteiger partial charge in [0, 0.05) is 18.2 Å². The first kappa shape index (κ1) is 17.1. The molecule has 0 saturated carbocycles. The van der Waals surface area contributed by atoms with Crippen LogP contribution in [0.25, 0.3) is 0 Å². The fourth-order valence-corrected chi connectivity index (χ4v) is 1.77. The van der Waals surface area contributed by atoms with Crippen molar-refractivity contribution < 1.29 is 19.0 Å². The summed E-state index contributed by atoms with van der Waals surface area (Å²) in [5.41, 5.74) is 5.81. The highest BCUT2D eigenvalue weighted by Crippen LogP contribution is 2.34. The lowest BCUT2D eigenvalue weighted by Crippen LogP contribution is -2.50. The summed E-state index contributed by atoms with van der Waals surface area (Å²) in [6.45, 7) is 3.87. The van der Waals surface area contributed by atoms with E-state index in [4.69, 9.17) is 19.9 Å². The van der Waals surface area contributed by atoms with Crippen LogP contribution in [0, 0.1) is 0 Å². The number of ether oxygens (including phenoxy) is 3. The van der Waals surface area contributed by atoms with E-state index in [1.807, 2.05) is 6.92 Å². The zero-order valence-electron chi connectivity index (χ0n) is 13.3. The first-order chi connectivity index (χ1) is 9.89. The molecule has 1 atom stereocenters. The second-order valence-corrected chi connectivity index (χ2v) is 4.97. The van der Waals surface area contributed by atoms with Crippen molar-refractivity contribution in [1.29, 1.82) is 0 Å². The van der Waals surface area contributed by atoms with Crippen LogP contribution in [0.4, 0.5) is 0 Å². The summed E-state index contributed by atoms with van der Waals surface area (Å²) in [5.74, 6) is 1.56. The Labute approximate surface area is 125 Å². The fourth-order valence-electron chi connectivity index (χ4n) is 1.77. The smallest absolute Gasteiger partial charge is 0.240 e. The van der Waals surface area contributed by atoms with Crippen LogP contribution >= 0.6 is 0 Å². The van der Waals surface area contributed by atoms with Gasteiger partial charge in [0.15, 0.2) is 11.5 Å². The number of nitrogens with one attached hydrogen (secondary N) is 1. The number of amides is 1. The maximum absolute atomic E-state index is 12.0. The number of carbonyl (C=O) groups excluding carboxylic acids is 1. The van der Waals surface area contributed by atoms with Crippen molar-refractivity contribution in [3.8, 4) is 17.2 Å². The number of hydrogen-bond acceptors (Lipinski definition) is 5. The van der Waals surface area contributed by atoms with Gasteiger partial charge in [-0.3, -0.25) is 4.79 Å². The normalized spacial score (nSPS) is 13.2. The zero-order chi connectivity index (χ0) is 16.0. The van der Waals surface area contributed by atoms with E-state index >= 15 is 0 Å². The Morgan fingerprint density at radius 1 is 1.14 bits per heavy atom. The van der Waals surface area contributed by atoms with Crippen LogP contribution in [0.15, 0.2) is 12.1 Å². The first-order valence-corrected chi connectivity index (χ1v) is 6.75. The molecule has 0 aliphatic carbocycles. The van der Waals surface area contributed by atoms with Gasteiger partial charge in [0.05, 0.1) is 26.9 Å². The van der Waals surface area contributed by atoms with Gasteiger partial charge in [0.25, 0.3) is 0 Å². The lowest BCUT2D eigenvalue weighted by atomic mass is 9.99. The lowest BCUT2D eigenvalue weighted by Gasteiger charge is -2.22. The number of carbonyl (C=O) groups is 1. The number of methoxy groups -OCH3 is 3. The minimum absolute atomic E-state index is 0.207. The molecule has 0 spiro atoms. The topological polar surface area (TPSA) is 82.8 Å². The van der Waals surface area contributed by atoms with Gasteiger partial charge in [-0.2, -0.15) is 0 Å². The van der Waals surface area contributed by atoms with E-state index in [2.05, 4.69) is 5.32 Å². The van der Waals surface area contributed by atoms with Gasteiger partial charge >= 0.3 is 0 Å². The van der Waals surface area contributed by atoms with Crippen molar-refractivity contribution in [2.24, 2.45) is 5.73 Å². The number of benzene rings is 1. The average Bonchev–Trinajstić information content (AvgIpc) is 2.51. The van der Waals surface area contributed by atoms with E-state index < -0.39 is 5.54 Å². The summed E-state index contributed by atoms with van der Waals surface area (Å²) < 4.78 is 15.8. The Balaban J connectivity index is 2.95. The molecular formula is C15H24N2O4. The minimum Gasteiger partial charge on any atom is -0.496 e. The van der Waals surface area contributed by atoms with E-state index in [0.29, 0.717) is 30.2 Å². The highest BCUT2D eigenvalue weighted by molar-refractivity contribution is 5.85. The van der Waals surface area contributed by atoms with E-state index in [-0.39, 0.29) is 5.91 Å². The predicted octanol–water partition coefficient (Wildman–Crippen LogP) is 1.46. The molecule has 21 heavy (non-hydrogen) atoms. The molecular weight excluding hydrogens is 272 g/mol. The molecule has 0 aliphatic heterocycles. The van der Waals surface area contributed by atoms with E-state index in [9.17, 15) is 4.79 Å². The molecule has 6 heteroatoms. The van der Waals surface area contributed by atoms with E-state index in [1.165, 1.54) is 0 Å². The van der Waals surface area contributed by atoms with Crippen LogP contribution in [-0.4, -0.2) is 32.8 Å². The molecule has 0 radical (unpaired) electrons. The lowest BCUT2D eigenvalue weighted by molar-refractivity contribution is -0.126. The Kier molecular flexibility index (Phi) is 5.84. The SMILES string of the molecule is CCC(C)(N)C(=O)NCc1cc(OC)c(OC)cc1OC. The molecule has 1 aromatic rings. The molecule has 1 aromatic carbocycles. The molecule has 118 valence electrons. The first-order valence-electron chi connectivity index (χ1n) is 6.75. The van der Waals surface area contributed by atoms with Gasteiger partial charge in [-0.05, 0) is 19.4 Å². The molecule has 0 bridgehead atoms. The van der Waals surface area contributed by atoms with Gasteiger partial charge < -0.3 is 25.3 Å². The van der Waals surface area contributed by atoms with Crippen LogP contribution in [-0.2, 0) is 11.3 Å². The van der Waals surface area contributed by atoms with Gasteiger partial charge in [-0.25, -0.2) is 0 Å². The second kappa shape index (κ2) is 7.17. The van der Waals surface area contributed by atoms with Gasteiger partial charge in [-0.1, -0.05) is 6.92 Å². The molecule has 0 saturated heterocycles. The number of rotatable bonds is 7. The largest absolute Gasteiger partial charge is 0.496 e. The quantitative estimate of drug-likeness (QED) is 0.796. The highest BCUT2D eigenvalue weighted by Gasteiger charge is 2.25. The van der Waals surface area contributed by atoms with Crippen molar-refractivity contribution in [2.75, 3.05) is 21.3 Å². The van der Waals surface area contributed by atoms with Crippen molar-refractivity contribution >= 4 is 5.91 Å². The summed E-state index contributed by atoms with van der Waals surface area (Å²) in [6.07, 6.45) is 0.557. The van der Waals surface area contributed by atoms with Crippen LogP contribution in [0.1, 0.15) is 25.8 Å². The molecule has 0 aliphatic rings. The highest BCUT2D eigenvalue weighted by atomic mass is 16.5. The van der Waals surface area contributed by atoms with Crippen LogP contribution in [0.3, 0.4) is 0 Å². The molecule has 6 nitrogen and oxygen atoms in total. The van der Waals surface area contributed by atoms with Crippen molar-refractivity contribution in [3.05, 3.63) is 17.7 Å². The van der Waals surface area contributed by atoms with Crippen LogP contribution < -0.4 is 25.3 Å². The summed E-state index contributed by atoms with van der Waals surface area (Å²) >= 11 is 0. The molecule has 0 aromatic heterocycles. The van der Waals surface area contributed by atoms with Crippen molar-refractivity contribution in [3.63, 3.8) is 0 Å². The maximum atomic E-state index is 12.0. The third-order valence-electron chi connectivity index (χ3n) is 3.48. The van der Waals surface area contributed by atoms with Gasteiger partial charge in [0.2, 0.25) is 5.91 Å². The molecule has 1 rings (SSSR count). The fraction of sp³-hybridized carbons (Fsp3) is 0.533. The average molecular weight is 296 g/mol. The van der Waals surface area contributed by atoms with E-state index in [1.54, 1.807) is 40.4 Å². The zero-order valence-corrected chi connectivity index (χ0v) is 13.3. The number of hydrogen-bond donors (Lipinski definition) is 2. The molecule has 1 unspecified atom stereocenters. The molecule has 0 fully saturated rings. The Hall–Kier alpha value is -1.95. The van der Waals surface area contributed by atoms with Gasteiger partial charge in [0.1, 0.15) is 5.75 Å². The summed E-state index contributed by atoms with van der Waals surface area (Å²) in [6, 6.07) is 3.50. The van der Waals surface area contributed by atoms with E-state index in [0.717, 1.165) is 5.56 Å². The Bertz CT molecular complexity index is 501. The molecule has 3 N–H and O–H groups in total. The Morgan fingerprint density at radius 3 is 2.14 bits per heavy atom. The third kappa shape index (κ3) is 4.01. The van der Waals surface area contributed by atoms with Crippen LogP contribution in [0.5, 0.6) is 17.2 Å². The third-order valence-corrected chi connectivity index (χ3v) is 3.48. The second-order valence-electron chi connectivity index (χ2n) is 4.97. The summed E-state index contributed by atoms with van der Waals surface area (Å²) in [4.78, 5) is 12.0. The summed E-state index contributed by atoms with van der Waals surface area (Å²) in [5, 5.41) is 2.81. The maximum Gasteiger partial charge on any atom is 0.240 e. The van der Waals surface area contributed by atoms with Crippen molar-refractivity contribution in [1.82, 2.24) is 5.32 Å². The molecule has 1 amide bonds. The predicted molar refractivity (Wildman–Crippen MR) is 80.8 cm³/mol. The molecule has 0 heterocycles. The monoisotopic (exact) mass is 296 g/mol. The van der Waals surface area contributed by atoms with Crippen LogP contribution in [0.2, 0.25) is 0 Å². The van der Waals surface area contributed by atoms with Crippen molar-refractivity contribution in [2.45, 2.75) is 32.4 Å². The Morgan fingerprint density at radius 2 is 1.67 bits per heavy atom. The minimum atomic E-state index is -0.885. The summed E-state index contributed by atoms with van der Waals surface area (Å²) in [7, 11) is 4.67. The van der Waals surface area contributed by atoms with Gasteiger partial charge in [-0.15, -0.1) is 0 Å².